The molecular formula is C11H19N3O2. The number of carbonyl (C=O) groups is 1. The van der Waals surface area contributed by atoms with Crippen molar-refractivity contribution in [2.75, 3.05) is 0 Å². The van der Waals surface area contributed by atoms with Gasteiger partial charge in [0.15, 0.2) is 0 Å². The molecule has 0 aliphatic rings. The maximum atomic E-state index is 11.1. The third kappa shape index (κ3) is 3.06. The topological polar surface area (TPSA) is 81.1 Å². The Hall–Kier alpha value is -1.36. The molecule has 0 aliphatic heterocycles. The zero-order valence-corrected chi connectivity index (χ0v) is 10.2. The van der Waals surface area contributed by atoms with Crippen LogP contribution < -0.4 is 11.1 Å². The van der Waals surface area contributed by atoms with E-state index < -0.39 is 0 Å². The van der Waals surface area contributed by atoms with Crippen molar-refractivity contribution in [1.29, 1.82) is 0 Å². The summed E-state index contributed by atoms with van der Waals surface area (Å²) < 4.78 is 5.40. The lowest BCUT2D eigenvalue weighted by atomic mass is 10.0. The van der Waals surface area contributed by atoms with Crippen LogP contribution in [0.3, 0.4) is 0 Å². The lowest BCUT2D eigenvalue weighted by Gasteiger charge is -2.17. The summed E-state index contributed by atoms with van der Waals surface area (Å²) in [6.07, 6.45) is 0. The molecule has 1 unspecified atom stereocenters. The minimum atomic E-state index is -0.354. The van der Waals surface area contributed by atoms with E-state index in [4.69, 9.17) is 10.2 Å². The maximum absolute atomic E-state index is 11.1. The SMILES string of the molecule is Cc1nc(CNC(C(N)=O)C(C)C)oc1C. The molecule has 0 radical (unpaired) electrons. The molecule has 1 heterocycles. The van der Waals surface area contributed by atoms with Crippen molar-refractivity contribution < 1.29 is 9.21 Å². The summed E-state index contributed by atoms with van der Waals surface area (Å²) in [5.41, 5.74) is 6.16. The van der Waals surface area contributed by atoms with Crippen LogP contribution >= 0.6 is 0 Å². The Kier molecular flexibility index (Phi) is 4.06. The van der Waals surface area contributed by atoms with Crippen molar-refractivity contribution in [3.63, 3.8) is 0 Å². The molecule has 0 spiro atoms. The summed E-state index contributed by atoms with van der Waals surface area (Å²) in [6.45, 7) is 8.04. The molecule has 1 rings (SSSR count). The second-order valence-electron chi connectivity index (χ2n) is 4.25. The molecule has 1 aromatic rings. The Morgan fingerprint density at radius 1 is 1.50 bits per heavy atom. The van der Waals surface area contributed by atoms with Gasteiger partial charge in [0.05, 0.1) is 18.3 Å². The van der Waals surface area contributed by atoms with E-state index >= 15 is 0 Å². The van der Waals surface area contributed by atoms with Crippen LogP contribution in [-0.2, 0) is 11.3 Å². The zero-order chi connectivity index (χ0) is 12.3. The number of hydrogen-bond acceptors (Lipinski definition) is 4. The fraction of sp³-hybridized carbons (Fsp3) is 0.636. The van der Waals surface area contributed by atoms with Gasteiger partial charge in [-0.1, -0.05) is 13.8 Å². The Morgan fingerprint density at radius 3 is 2.50 bits per heavy atom. The van der Waals surface area contributed by atoms with Gasteiger partial charge in [-0.05, 0) is 19.8 Å². The fourth-order valence-electron chi connectivity index (χ4n) is 1.48. The van der Waals surface area contributed by atoms with E-state index in [-0.39, 0.29) is 17.9 Å². The summed E-state index contributed by atoms with van der Waals surface area (Å²) >= 11 is 0. The number of primary amides is 1. The lowest BCUT2D eigenvalue weighted by Crippen LogP contribution is -2.44. The second-order valence-corrected chi connectivity index (χ2v) is 4.25. The molecule has 3 N–H and O–H groups in total. The lowest BCUT2D eigenvalue weighted by molar-refractivity contribution is -0.121. The van der Waals surface area contributed by atoms with Gasteiger partial charge in [-0.3, -0.25) is 10.1 Å². The molecule has 0 aliphatic carbocycles. The molecule has 0 bridgehead atoms. The first kappa shape index (κ1) is 12.7. The Labute approximate surface area is 95.4 Å². The molecule has 1 amide bonds. The van der Waals surface area contributed by atoms with Crippen molar-refractivity contribution in [2.24, 2.45) is 11.7 Å². The normalized spacial score (nSPS) is 13.1. The molecule has 0 fully saturated rings. The molecule has 90 valence electrons. The number of carbonyl (C=O) groups excluding carboxylic acids is 1. The highest BCUT2D eigenvalue weighted by atomic mass is 16.4. The maximum Gasteiger partial charge on any atom is 0.234 e. The van der Waals surface area contributed by atoms with E-state index in [1.165, 1.54) is 0 Å². The van der Waals surface area contributed by atoms with Gasteiger partial charge in [-0.15, -0.1) is 0 Å². The molecule has 1 atom stereocenters. The quantitative estimate of drug-likeness (QED) is 0.779. The van der Waals surface area contributed by atoms with E-state index in [1.54, 1.807) is 0 Å². The first-order chi connectivity index (χ1) is 7.41. The molecule has 5 nitrogen and oxygen atoms in total. The van der Waals surface area contributed by atoms with Crippen LogP contribution in [0.15, 0.2) is 4.42 Å². The van der Waals surface area contributed by atoms with Crippen LogP contribution in [0.1, 0.15) is 31.2 Å². The van der Waals surface area contributed by atoms with E-state index in [9.17, 15) is 4.79 Å². The van der Waals surface area contributed by atoms with Crippen molar-refractivity contribution in [1.82, 2.24) is 10.3 Å². The molecule has 0 saturated carbocycles. The number of nitrogens with one attached hydrogen (secondary N) is 1. The third-order valence-corrected chi connectivity index (χ3v) is 2.52. The number of aryl methyl sites for hydroxylation is 2. The molecular weight excluding hydrogens is 206 g/mol. The van der Waals surface area contributed by atoms with Gasteiger partial charge in [-0.2, -0.15) is 0 Å². The third-order valence-electron chi connectivity index (χ3n) is 2.52. The van der Waals surface area contributed by atoms with Crippen LogP contribution in [0.4, 0.5) is 0 Å². The van der Waals surface area contributed by atoms with Gasteiger partial charge < -0.3 is 10.2 Å². The molecule has 0 saturated heterocycles. The highest BCUT2D eigenvalue weighted by Gasteiger charge is 2.19. The molecule has 1 aromatic heterocycles. The summed E-state index contributed by atoms with van der Waals surface area (Å²) in [5.74, 6) is 1.18. The largest absolute Gasteiger partial charge is 0.444 e. The molecule has 0 aromatic carbocycles. The van der Waals surface area contributed by atoms with Crippen LogP contribution in [0, 0.1) is 19.8 Å². The van der Waals surface area contributed by atoms with Gasteiger partial charge in [0, 0.05) is 0 Å². The first-order valence-corrected chi connectivity index (χ1v) is 5.37. The predicted molar refractivity (Wildman–Crippen MR) is 60.6 cm³/mol. The Balaban J connectivity index is 2.59. The molecule has 5 heteroatoms. The summed E-state index contributed by atoms with van der Waals surface area (Å²) in [5, 5.41) is 3.04. The van der Waals surface area contributed by atoms with Gasteiger partial charge in [0.2, 0.25) is 11.8 Å². The number of nitrogens with zero attached hydrogens (tertiary/aromatic N) is 1. The summed E-state index contributed by atoms with van der Waals surface area (Å²) in [6, 6.07) is -0.354. The number of rotatable bonds is 5. The van der Waals surface area contributed by atoms with Crippen molar-refractivity contribution in [2.45, 2.75) is 40.3 Å². The number of aromatic nitrogens is 1. The van der Waals surface area contributed by atoms with E-state index in [0.29, 0.717) is 12.4 Å². The van der Waals surface area contributed by atoms with Crippen LogP contribution in [0.5, 0.6) is 0 Å². The fourth-order valence-corrected chi connectivity index (χ4v) is 1.48. The van der Waals surface area contributed by atoms with Crippen LogP contribution in [0.2, 0.25) is 0 Å². The number of nitrogens with two attached hydrogens (primary N) is 1. The predicted octanol–water partition coefficient (Wildman–Crippen LogP) is 0.891. The smallest absolute Gasteiger partial charge is 0.234 e. The minimum Gasteiger partial charge on any atom is -0.444 e. The van der Waals surface area contributed by atoms with Crippen LogP contribution in [0.25, 0.3) is 0 Å². The van der Waals surface area contributed by atoms with E-state index in [0.717, 1.165) is 11.5 Å². The minimum absolute atomic E-state index is 0.148. The van der Waals surface area contributed by atoms with Crippen molar-refractivity contribution in [3.8, 4) is 0 Å². The zero-order valence-electron chi connectivity index (χ0n) is 10.2. The average molecular weight is 225 g/mol. The van der Waals surface area contributed by atoms with E-state index in [2.05, 4.69) is 10.3 Å². The highest BCUT2D eigenvalue weighted by molar-refractivity contribution is 5.80. The summed E-state index contributed by atoms with van der Waals surface area (Å²) in [7, 11) is 0. The van der Waals surface area contributed by atoms with Crippen molar-refractivity contribution >= 4 is 5.91 Å². The van der Waals surface area contributed by atoms with Gasteiger partial charge in [0.25, 0.3) is 0 Å². The molecule has 16 heavy (non-hydrogen) atoms. The number of amides is 1. The van der Waals surface area contributed by atoms with Crippen molar-refractivity contribution in [3.05, 3.63) is 17.3 Å². The first-order valence-electron chi connectivity index (χ1n) is 5.37. The Morgan fingerprint density at radius 2 is 2.12 bits per heavy atom. The Bertz CT molecular complexity index is 352. The second kappa shape index (κ2) is 5.12. The number of hydrogen-bond donors (Lipinski definition) is 2. The summed E-state index contributed by atoms with van der Waals surface area (Å²) in [4.78, 5) is 15.4. The average Bonchev–Trinajstić information content (AvgIpc) is 2.45. The monoisotopic (exact) mass is 225 g/mol. The van der Waals surface area contributed by atoms with Gasteiger partial charge >= 0.3 is 0 Å². The highest BCUT2D eigenvalue weighted by Crippen LogP contribution is 2.09. The standard InChI is InChI=1S/C11H19N3O2/c1-6(2)10(11(12)15)13-5-9-14-7(3)8(4)16-9/h6,10,13H,5H2,1-4H3,(H2,12,15). The van der Waals surface area contributed by atoms with Crippen LogP contribution in [-0.4, -0.2) is 16.9 Å². The van der Waals surface area contributed by atoms with Gasteiger partial charge in [0.1, 0.15) is 5.76 Å². The number of oxazole rings is 1. The van der Waals surface area contributed by atoms with Gasteiger partial charge in [-0.25, -0.2) is 4.98 Å². The van der Waals surface area contributed by atoms with E-state index in [1.807, 2.05) is 27.7 Å².